The molecule has 0 saturated carbocycles. The van der Waals surface area contributed by atoms with E-state index in [-0.39, 0.29) is 34.6 Å². The first-order valence-corrected chi connectivity index (χ1v) is 9.87. The average molecular weight is 438 g/mol. The number of benzene rings is 2. The molecule has 1 heterocycles. The molecule has 0 fully saturated rings. The van der Waals surface area contributed by atoms with Gasteiger partial charge in [0.1, 0.15) is 11.6 Å². The predicted octanol–water partition coefficient (Wildman–Crippen LogP) is 4.76. The van der Waals surface area contributed by atoms with Crippen molar-refractivity contribution in [3.8, 4) is 0 Å². The lowest BCUT2D eigenvalue weighted by atomic mass is 10.1. The van der Waals surface area contributed by atoms with Crippen molar-refractivity contribution in [2.45, 2.75) is 26.8 Å². The number of furan rings is 1. The van der Waals surface area contributed by atoms with Crippen LogP contribution in [0.25, 0.3) is 0 Å². The summed E-state index contributed by atoms with van der Waals surface area (Å²) in [5, 5.41) is 10.5. The van der Waals surface area contributed by atoms with Crippen molar-refractivity contribution in [2.75, 3.05) is 16.0 Å². The Morgan fingerprint density at radius 2 is 1.66 bits per heavy atom. The first-order chi connectivity index (χ1) is 15.2. The molecule has 8 nitrogen and oxygen atoms in total. The summed E-state index contributed by atoms with van der Waals surface area (Å²) in [6.07, 6.45) is 1.37. The number of nitrogens with one attached hydrogen (secondary N) is 4. The van der Waals surface area contributed by atoms with E-state index in [0.717, 1.165) is 6.07 Å². The van der Waals surface area contributed by atoms with Gasteiger partial charge < -0.3 is 25.7 Å². The summed E-state index contributed by atoms with van der Waals surface area (Å²) >= 11 is 0. The van der Waals surface area contributed by atoms with Gasteiger partial charge in [0.15, 0.2) is 0 Å². The number of anilines is 3. The molecule has 0 saturated heterocycles. The summed E-state index contributed by atoms with van der Waals surface area (Å²) in [5.41, 5.74) is 1.21. The Morgan fingerprint density at radius 3 is 2.34 bits per heavy atom. The van der Waals surface area contributed by atoms with Gasteiger partial charge in [-0.15, -0.1) is 0 Å². The van der Waals surface area contributed by atoms with Crippen LogP contribution in [0.3, 0.4) is 0 Å². The summed E-state index contributed by atoms with van der Waals surface area (Å²) < 4.78 is 19.3. The topological polar surface area (TPSA) is 112 Å². The molecule has 3 aromatic rings. The zero-order chi connectivity index (χ0) is 23.3. The summed E-state index contributed by atoms with van der Waals surface area (Å²) in [6, 6.07) is 11.3. The number of amides is 4. The second kappa shape index (κ2) is 9.78. The Hall–Kier alpha value is -4.14. The van der Waals surface area contributed by atoms with Crippen molar-refractivity contribution < 1.29 is 23.2 Å². The largest absolute Gasteiger partial charge is 0.469 e. The monoisotopic (exact) mass is 438 g/mol. The molecule has 4 N–H and O–H groups in total. The highest BCUT2D eigenvalue weighted by Gasteiger charge is 2.15. The highest BCUT2D eigenvalue weighted by molar-refractivity contribution is 6.07. The number of urea groups is 1. The van der Waals surface area contributed by atoms with Gasteiger partial charge in [0.25, 0.3) is 11.8 Å². The molecular weight excluding hydrogens is 415 g/mol. The van der Waals surface area contributed by atoms with E-state index in [1.165, 1.54) is 30.5 Å². The summed E-state index contributed by atoms with van der Waals surface area (Å²) in [5.74, 6) is -1.24. The van der Waals surface area contributed by atoms with Gasteiger partial charge in [0, 0.05) is 23.0 Å². The molecule has 166 valence electrons. The number of halogens is 1. The van der Waals surface area contributed by atoms with Crippen LogP contribution in [0.1, 0.15) is 40.3 Å². The van der Waals surface area contributed by atoms with Crippen LogP contribution in [0.5, 0.6) is 0 Å². The zero-order valence-electron chi connectivity index (χ0n) is 17.8. The molecule has 0 aliphatic carbocycles. The molecule has 32 heavy (non-hydrogen) atoms. The van der Waals surface area contributed by atoms with Crippen molar-refractivity contribution in [3.05, 3.63) is 77.5 Å². The third-order valence-corrected chi connectivity index (χ3v) is 4.38. The van der Waals surface area contributed by atoms with E-state index in [4.69, 9.17) is 4.42 Å². The SMILES string of the molecule is Cc1occc1C(=O)Nc1cc(NC(=O)c2cccc(NC(=O)NC(C)C)c2)ccc1F. The van der Waals surface area contributed by atoms with E-state index >= 15 is 0 Å². The molecule has 0 radical (unpaired) electrons. The lowest BCUT2D eigenvalue weighted by Crippen LogP contribution is -2.34. The Balaban J connectivity index is 1.71. The van der Waals surface area contributed by atoms with Gasteiger partial charge in [-0.25, -0.2) is 9.18 Å². The highest BCUT2D eigenvalue weighted by Crippen LogP contribution is 2.22. The van der Waals surface area contributed by atoms with Crippen LogP contribution in [0.2, 0.25) is 0 Å². The number of hydrogen-bond acceptors (Lipinski definition) is 4. The maximum absolute atomic E-state index is 14.2. The van der Waals surface area contributed by atoms with Crippen LogP contribution in [0, 0.1) is 12.7 Å². The van der Waals surface area contributed by atoms with Gasteiger partial charge in [-0.3, -0.25) is 9.59 Å². The molecule has 0 spiro atoms. The van der Waals surface area contributed by atoms with Gasteiger partial charge in [0.2, 0.25) is 0 Å². The van der Waals surface area contributed by atoms with E-state index < -0.39 is 17.6 Å². The molecule has 2 aromatic carbocycles. The lowest BCUT2D eigenvalue weighted by Gasteiger charge is -2.12. The molecule has 0 bridgehead atoms. The van der Waals surface area contributed by atoms with Crippen molar-refractivity contribution >= 4 is 34.9 Å². The molecule has 3 rings (SSSR count). The Labute approximate surface area is 184 Å². The molecule has 9 heteroatoms. The second-order valence-corrected chi connectivity index (χ2v) is 7.33. The molecule has 4 amide bonds. The zero-order valence-corrected chi connectivity index (χ0v) is 17.8. The molecule has 1 aromatic heterocycles. The third kappa shape index (κ3) is 5.72. The van der Waals surface area contributed by atoms with Crippen LogP contribution < -0.4 is 21.3 Å². The van der Waals surface area contributed by atoms with Gasteiger partial charge >= 0.3 is 6.03 Å². The van der Waals surface area contributed by atoms with E-state index in [2.05, 4.69) is 21.3 Å². The third-order valence-electron chi connectivity index (χ3n) is 4.38. The first-order valence-electron chi connectivity index (χ1n) is 9.87. The molecule has 0 unspecified atom stereocenters. The number of hydrogen-bond donors (Lipinski definition) is 4. The minimum absolute atomic E-state index is 0.0351. The van der Waals surface area contributed by atoms with Crippen molar-refractivity contribution in [1.29, 1.82) is 0 Å². The van der Waals surface area contributed by atoms with E-state index in [1.807, 2.05) is 13.8 Å². The minimum atomic E-state index is -0.653. The maximum atomic E-state index is 14.2. The highest BCUT2D eigenvalue weighted by atomic mass is 19.1. The fourth-order valence-corrected chi connectivity index (χ4v) is 2.88. The van der Waals surface area contributed by atoms with Crippen molar-refractivity contribution in [2.24, 2.45) is 0 Å². The fraction of sp³-hybridized carbons (Fsp3) is 0.174. The van der Waals surface area contributed by atoms with Crippen LogP contribution in [0.15, 0.2) is 59.2 Å². The van der Waals surface area contributed by atoms with Gasteiger partial charge in [-0.05, 0) is 63.2 Å². The van der Waals surface area contributed by atoms with Crippen LogP contribution >= 0.6 is 0 Å². The van der Waals surface area contributed by atoms with E-state index in [1.54, 1.807) is 25.1 Å². The van der Waals surface area contributed by atoms with Crippen molar-refractivity contribution in [1.82, 2.24) is 5.32 Å². The van der Waals surface area contributed by atoms with Gasteiger partial charge in [0.05, 0.1) is 17.5 Å². The Bertz CT molecular complexity index is 1160. The molecular formula is C23H23FN4O4. The maximum Gasteiger partial charge on any atom is 0.319 e. The van der Waals surface area contributed by atoms with Crippen LogP contribution in [0.4, 0.5) is 26.2 Å². The molecule has 0 atom stereocenters. The Morgan fingerprint density at radius 1 is 0.906 bits per heavy atom. The van der Waals surface area contributed by atoms with E-state index in [0.29, 0.717) is 11.4 Å². The molecule has 0 aliphatic rings. The summed E-state index contributed by atoms with van der Waals surface area (Å²) in [7, 11) is 0. The number of aryl methyl sites for hydroxylation is 1. The standard InChI is InChI=1S/C23H23FN4O4/c1-13(2)25-23(31)27-16-6-4-5-15(11-16)21(29)26-17-7-8-19(24)20(12-17)28-22(30)18-9-10-32-14(18)3/h4-13H,1-3H3,(H,26,29)(H,28,30)(H2,25,27,31). The number of rotatable bonds is 6. The second-order valence-electron chi connectivity index (χ2n) is 7.33. The normalized spacial score (nSPS) is 10.5. The fourth-order valence-electron chi connectivity index (χ4n) is 2.88. The predicted molar refractivity (Wildman–Crippen MR) is 119 cm³/mol. The number of carbonyl (C=O) groups is 3. The van der Waals surface area contributed by atoms with Gasteiger partial charge in [-0.2, -0.15) is 0 Å². The summed E-state index contributed by atoms with van der Waals surface area (Å²) in [4.78, 5) is 36.8. The van der Waals surface area contributed by atoms with Crippen LogP contribution in [-0.2, 0) is 0 Å². The first kappa shape index (κ1) is 22.5. The lowest BCUT2D eigenvalue weighted by molar-refractivity contribution is 0.101. The quantitative estimate of drug-likeness (QED) is 0.444. The van der Waals surface area contributed by atoms with Crippen molar-refractivity contribution in [3.63, 3.8) is 0 Å². The Kier molecular flexibility index (Phi) is 6.89. The average Bonchev–Trinajstić information content (AvgIpc) is 3.16. The van der Waals surface area contributed by atoms with Crippen LogP contribution in [-0.4, -0.2) is 23.9 Å². The van der Waals surface area contributed by atoms with Gasteiger partial charge in [-0.1, -0.05) is 6.07 Å². The molecule has 0 aliphatic heterocycles. The smallest absolute Gasteiger partial charge is 0.319 e. The minimum Gasteiger partial charge on any atom is -0.469 e. The number of carbonyl (C=O) groups excluding carboxylic acids is 3. The summed E-state index contributed by atoms with van der Waals surface area (Å²) in [6.45, 7) is 5.29. The van der Waals surface area contributed by atoms with E-state index in [9.17, 15) is 18.8 Å².